The first-order valence-corrected chi connectivity index (χ1v) is 9.42. The fourth-order valence-corrected chi connectivity index (χ4v) is 3.95. The van der Waals surface area contributed by atoms with Crippen molar-refractivity contribution in [1.29, 1.82) is 0 Å². The lowest BCUT2D eigenvalue weighted by Gasteiger charge is -2.42. The minimum Gasteiger partial charge on any atom is -0.381 e. The maximum atomic E-state index is 12.5. The fraction of sp³-hybridized carbons (Fsp3) is 0.588. The van der Waals surface area contributed by atoms with Crippen LogP contribution in [0.2, 0.25) is 0 Å². The van der Waals surface area contributed by atoms with Crippen LogP contribution in [-0.2, 0) is 9.47 Å². The molecule has 0 aliphatic carbocycles. The normalized spacial score (nSPS) is 23.0. The Morgan fingerprint density at radius 3 is 3.00 bits per heavy atom. The van der Waals surface area contributed by atoms with E-state index in [-0.39, 0.29) is 17.4 Å². The quantitative estimate of drug-likeness (QED) is 0.813. The first-order valence-electron chi connectivity index (χ1n) is 8.62. The Morgan fingerprint density at radius 2 is 2.24 bits per heavy atom. The Hall–Kier alpha value is -1.51. The number of ether oxygens (including phenoxy) is 2. The van der Waals surface area contributed by atoms with E-state index in [0.29, 0.717) is 23.3 Å². The number of rotatable bonds is 3. The average molecular weight is 409 g/mol. The van der Waals surface area contributed by atoms with Crippen LogP contribution in [0.1, 0.15) is 36.2 Å². The van der Waals surface area contributed by atoms with E-state index in [1.165, 1.54) is 0 Å². The molecular weight excluding hydrogens is 388 g/mol. The van der Waals surface area contributed by atoms with Gasteiger partial charge >= 0.3 is 0 Å². The van der Waals surface area contributed by atoms with Crippen LogP contribution in [0.5, 0.6) is 0 Å². The van der Waals surface area contributed by atoms with Crippen molar-refractivity contribution in [3.8, 4) is 0 Å². The van der Waals surface area contributed by atoms with Gasteiger partial charge in [-0.2, -0.15) is 5.10 Å². The largest absolute Gasteiger partial charge is 0.381 e. The predicted octanol–water partition coefficient (Wildman–Crippen LogP) is 2.43. The number of fused-ring (bicyclic) bond motifs is 1. The first-order chi connectivity index (χ1) is 12.2. The Morgan fingerprint density at radius 1 is 1.40 bits per heavy atom. The molecule has 1 spiro atoms. The number of carbonyl (C=O) groups excluding carboxylic acids is 1. The topological polar surface area (TPSA) is 89.1 Å². The zero-order valence-electron chi connectivity index (χ0n) is 13.9. The highest BCUT2D eigenvalue weighted by Crippen LogP contribution is 2.39. The molecular formula is C17H21BrN4O3. The van der Waals surface area contributed by atoms with E-state index in [1.54, 1.807) is 6.20 Å². The zero-order valence-corrected chi connectivity index (χ0v) is 15.5. The maximum absolute atomic E-state index is 12.5. The molecule has 2 aliphatic heterocycles. The summed E-state index contributed by atoms with van der Waals surface area (Å²) in [4.78, 5) is 16.6. The van der Waals surface area contributed by atoms with E-state index in [2.05, 4.69) is 36.4 Å². The molecule has 2 aliphatic rings. The van der Waals surface area contributed by atoms with E-state index in [0.717, 1.165) is 50.0 Å². The number of aromatic nitrogens is 3. The third-order valence-electron chi connectivity index (χ3n) is 5.27. The molecule has 7 nitrogen and oxygen atoms in total. The molecule has 25 heavy (non-hydrogen) atoms. The fourth-order valence-electron chi connectivity index (χ4n) is 3.62. The van der Waals surface area contributed by atoms with Gasteiger partial charge in [0.2, 0.25) is 0 Å². The highest BCUT2D eigenvalue weighted by molar-refractivity contribution is 9.10. The Bertz CT molecular complexity index is 762. The highest BCUT2D eigenvalue weighted by atomic mass is 79.9. The van der Waals surface area contributed by atoms with E-state index in [4.69, 9.17) is 9.47 Å². The molecule has 8 heteroatoms. The summed E-state index contributed by atoms with van der Waals surface area (Å²) in [5.74, 6) is -0.183. The van der Waals surface area contributed by atoms with E-state index in [1.807, 2.05) is 6.07 Å². The van der Waals surface area contributed by atoms with Gasteiger partial charge in [-0.25, -0.2) is 4.98 Å². The zero-order chi connectivity index (χ0) is 17.3. The van der Waals surface area contributed by atoms with Crippen molar-refractivity contribution >= 4 is 32.9 Å². The summed E-state index contributed by atoms with van der Waals surface area (Å²) in [6.07, 6.45) is 5.99. The summed E-state index contributed by atoms with van der Waals surface area (Å²) in [6, 6.07) is 1.84. The van der Waals surface area contributed by atoms with Gasteiger partial charge in [0, 0.05) is 30.4 Å². The van der Waals surface area contributed by atoms with Crippen molar-refractivity contribution in [1.82, 2.24) is 20.5 Å². The van der Waals surface area contributed by atoms with Gasteiger partial charge in [0.05, 0.1) is 18.1 Å². The molecule has 4 rings (SSSR count). The predicted molar refractivity (Wildman–Crippen MR) is 95.4 cm³/mol. The maximum Gasteiger partial charge on any atom is 0.270 e. The second kappa shape index (κ2) is 7.01. The van der Waals surface area contributed by atoms with E-state index >= 15 is 0 Å². The molecule has 2 N–H and O–H groups in total. The van der Waals surface area contributed by atoms with E-state index < -0.39 is 0 Å². The summed E-state index contributed by atoms with van der Waals surface area (Å²) in [7, 11) is 0. The molecule has 2 aromatic heterocycles. The third-order valence-corrected chi connectivity index (χ3v) is 5.70. The number of hydrogen-bond acceptors (Lipinski definition) is 5. The molecule has 1 unspecified atom stereocenters. The van der Waals surface area contributed by atoms with Crippen LogP contribution in [0.4, 0.5) is 0 Å². The van der Waals surface area contributed by atoms with Crippen molar-refractivity contribution in [2.75, 3.05) is 26.4 Å². The molecule has 2 aromatic rings. The van der Waals surface area contributed by atoms with Crippen LogP contribution in [-0.4, -0.2) is 53.6 Å². The average Bonchev–Trinajstić information content (AvgIpc) is 3.05. The number of amides is 1. The van der Waals surface area contributed by atoms with Gasteiger partial charge in [0.25, 0.3) is 5.91 Å². The van der Waals surface area contributed by atoms with Crippen LogP contribution in [0, 0.1) is 5.41 Å². The second-order valence-corrected chi connectivity index (χ2v) is 7.83. The highest BCUT2D eigenvalue weighted by Gasteiger charge is 2.37. The number of H-pyrrole nitrogens is 1. The van der Waals surface area contributed by atoms with Gasteiger partial charge < -0.3 is 14.8 Å². The van der Waals surface area contributed by atoms with Crippen LogP contribution in [0.15, 0.2) is 16.7 Å². The second-order valence-electron chi connectivity index (χ2n) is 6.92. The third kappa shape index (κ3) is 3.56. The molecule has 4 heterocycles. The van der Waals surface area contributed by atoms with Crippen molar-refractivity contribution in [3.63, 3.8) is 0 Å². The minimum absolute atomic E-state index is 0.0662. The lowest BCUT2D eigenvalue weighted by Crippen LogP contribution is -2.44. The lowest BCUT2D eigenvalue weighted by molar-refractivity contribution is -0.103. The van der Waals surface area contributed by atoms with Gasteiger partial charge in [0.1, 0.15) is 5.69 Å². The van der Waals surface area contributed by atoms with Crippen molar-refractivity contribution < 1.29 is 14.3 Å². The SMILES string of the molecule is O=C(NCC1CCC2(CCOCC2)CO1)c1[nH]nc2ncc(Br)cc12. The van der Waals surface area contributed by atoms with Gasteiger partial charge in [-0.1, -0.05) is 0 Å². The molecule has 1 atom stereocenters. The van der Waals surface area contributed by atoms with Crippen LogP contribution in [0.25, 0.3) is 11.0 Å². The summed E-state index contributed by atoms with van der Waals surface area (Å²) in [5.41, 5.74) is 1.25. The molecule has 1 amide bonds. The summed E-state index contributed by atoms with van der Waals surface area (Å²) >= 11 is 3.37. The minimum atomic E-state index is -0.183. The number of carbonyl (C=O) groups is 1. The standard InChI is InChI=1S/C17H21BrN4O3/c18-11-7-13-14(21-22-15(13)19-8-11)16(23)20-9-12-1-2-17(10-25-12)3-5-24-6-4-17/h7-8,12H,1-6,9-10H2,(H,20,23)(H,19,21,22). The Labute approximate surface area is 154 Å². The number of halogens is 1. The smallest absolute Gasteiger partial charge is 0.270 e. The van der Waals surface area contributed by atoms with Gasteiger partial charge in [-0.3, -0.25) is 9.89 Å². The van der Waals surface area contributed by atoms with Crippen LogP contribution < -0.4 is 5.32 Å². The molecule has 0 aromatic carbocycles. The number of hydrogen-bond donors (Lipinski definition) is 2. The molecule has 0 saturated carbocycles. The monoisotopic (exact) mass is 408 g/mol. The van der Waals surface area contributed by atoms with Crippen molar-refractivity contribution in [2.24, 2.45) is 5.41 Å². The number of aromatic amines is 1. The van der Waals surface area contributed by atoms with Crippen molar-refractivity contribution in [3.05, 3.63) is 22.4 Å². The molecule has 2 saturated heterocycles. The van der Waals surface area contributed by atoms with Gasteiger partial charge in [-0.05, 0) is 53.1 Å². The number of nitrogens with zero attached hydrogens (tertiary/aromatic N) is 2. The molecule has 2 fully saturated rings. The van der Waals surface area contributed by atoms with Gasteiger partial charge in [-0.15, -0.1) is 0 Å². The molecule has 0 radical (unpaired) electrons. The summed E-state index contributed by atoms with van der Waals surface area (Å²) < 4.78 is 12.3. The first kappa shape index (κ1) is 16.9. The summed E-state index contributed by atoms with van der Waals surface area (Å²) in [5, 5.41) is 10.5. The Kier molecular flexibility index (Phi) is 4.75. The number of nitrogens with one attached hydrogen (secondary N) is 2. The van der Waals surface area contributed by atoms with E-state index in [9.17, 15) is 4.79 Å². The summed E-state index contributed by atoms with van der Waals surface area (Å²) in [6.45, 7) is 2.94. The van der Waals surface area contributed by atoms with Gasteiger partial charge in [0.15, 0.2) is 5.65 Å². The van der Waals surface area contributed by atoms with Crippen molar-refractivity contribution in [2.45, 2.75) is 31.8 Å². The Balaban J connectivity index is 1.34. The molecule has 134 valence electrons. The van der Waals surface area contributed by atoms with Crippen LogP contribution in [0.3, 0.4) is 0 Å². The van der Waals surface area contributed by atoms with Crippen LogP contribution >= 0.6 is 15.9 Å². The number of pyridine rings is 1. The molecule has 0 bridgehead atoms. The lowest BCUT2D eigenvalue weighted by atomic mass is 9.75.